The second kappa shape index (κ2) is 6.02. The summed E-state index contributed by atoms with van der Waals surface area (Å²) < 4.78 is 4.97. The van der Waals surface area contributed by atoms with Crippen LogP contribution in [0.25, 0.3) is 0 Å². The molecule has 0 fully saturated rings. The van der Waals surface area contributed by atoms with Crippen molar-refractivity contribution in [3.8, 4) is 0 Å². The van der Waals surface area contributed by atoms with Gasteiger partial charge in [0.1, 0.15) is 0 Å². The fourth-order valence-corrected chi connectivity index (χ4v) is 1.55. The van der Waals surface area contributed by atoms with Crippen molar-refractivity contribution in [2.45, 2.75) is 18.9 Å². The molecule has 0 saturated heterocycles. The fourth-order valence-electron chi connectivity index (χ4n) is 1.34. The number of ether oxygens (including phenoxy) is 1. The highest BCUT2D eigenvalue weighted by Crippen LogP contribution is 2.12. The highest BCUT2D eigenvalue weighted by Gasteiger charge is 2.03. The maximum absolute atomic E-state index is 5.92. The van der Waals surface area contributed by atoms with Crippen LogP contribution in [0.1, 0.15) is 12.0 Å². The lowest BCUT2D eigenvalue weighted by Gasteiger charge is -2.10. The molecule has 0 saturated carbocycles. The zero-order valence-electron chi connectivity index (χ0n) is 8.37. The molecule has 1 rings (SSSR count). The summed E-state index contributed by atoms with van der Waals surface area (Å²) in [4.78, 5) is 0. The molecule has 0 radical (unpaired) electrons. The van der Waals surface area contributed by atoms with Gasteiger partial charge >= 0.3 is 0 Å². The maximum atomic E-state index is 5.92. The van der Waals surface area contributed by atoms with Gasteiger partial charge in [0.2, 0.25) is 0 Å². The number of nitrogens with two attached hydrogens (primary N) is 1. The van der Waals surface area contributed by atoms with E-state index in [0.717, 1.165) is 17.9 Å². The van der Waals surface area contributed by atoms with E-state index in [1.54, 1.807) is 7.11 Å². The number of methoxy groups -OCH3 is 1. The normalized spacial score (nSPS) is 12.8. The first-order valence-corrected chi connectivity index (χ1v) is 5.09. The molecule has 0 aliphatic rings. The summed E-state index contributed by atoms with van der Waals surface area (Å²) >= 11 is 5.87. The second-order valence-corrected chi connectivity index (χ2v) is 3.81. The lowest BCUT2D eigenvalue weighted by atomic mass is 10.0. The molecule has 3 heteroatoms. The Bertz CT molecular complexity index is 278. The molecule has 2 N–H and O–H groups in total. The summed E-state index contributed by atoms with van der Waals surface area (Å²) in [6.07, 6.45) is 1.73. The molecule has 0 spiro atoms. The SMILES string of the molecule is COCCC(N)Cc1cccc(Cl)c1. The topological polar surface area (TPSA) is 35.2 Å². The van der Waals surface area contributed by atoms with Crippen LogP contribution >= 0.6 is 11.6 Å². The molecule has 78 valence electrons. The van der Waals surface area contributed by atoms with Gasteiger partial charge in [0.25, 0.3) is 0 Å². The Hall–Kier alpha value is -0.570. The van der Waals surface area contributed by atoms with Crippen molar-refractivity contribution >= 4 is 11.6 Å². The van der Waals surface area contributed by atoms with Gasteiger partial charge in [0.15, 0.2) is 0 Å². The Labute approximate surface area is 90.0 Å². The van der Waals surface area contributed by atoms with E-state index in [0.29, 0.717) is 6.61 Å². The smallest absolute Gasteiger partial charge is 0.0477 e. The second-order valence-electron chi connectivity index (χ2n) is 3.38. The minimum absolute atomic E-state index is 0.147. The first-order valence-electron chi connectivity index (χ1n) is 4.71. The van der Waals surface area contributed by atoms with Crippen molar-refractivity contribution in [3.05, 3.63) is 34.9 Å². The molecule has 0 heterocycles. The average Bonchev–Trinajstić information content (AvgIpc) is 2.15. The third kappa shape index (κ3) is 4.09. The molecule has 0 bridgehead atoms. The zero-order valence-corrected chi connectivity index (χ0v) is 9.13. The standard InChI is InChI=1S/C11H16ClNO/c1-14-6-5-11(13)8-9-3-2-4-10(12)7-9/h2-4,7,11H,5-6,8,13H2,1H3. The van der Waals surface area contributed by atoms with Gasteiger partial charge in [-0.15, -0.1) is 0 Å². The number of halogens is 1. The molecule has 2 nitrogen and oxygen atoms in total. The van der Waals surface area contributed by atoms with Gasteiger partial charge in [-0.2, -0.15) is 0 Å². The van der Waals surface area contributed by atoms with Crippen molar-refractivity contribution in [2.75, 3.05) is 13.7 Å². The summed E-state index contributed by atoms with van der Waals surface area (Å²) in [6.45, 7) is 0.710. The molecular weight excluding hydrogens is 198 g/mol. The molecule has 14 heavy (non-hydrogen) atoms. The van der Waals surface area contributed by atoms with Crippen LogP contribution in [0.4, 0.5) is 0 Å². The summed E-state index contributed by atoms with van der Waals surface area (Å²) in [6, 6.07) is 7.95. The summed E-state index contributed by atoms with van der Waals surface area (Å²) in [7, 11) is 1.69. The fraction of sp³-hybridized carbons (Fsp3) is 0.455. The van der Waals surface area contributed by atoms with Crippen LogP contribution in [0, 0.1) is 0 Å². The minimum atomic E-state index is 0.147. The van der Waals surface area contributed by atoms with Crippen LogP contribution in [0.2, 0.25) is 5.02 Å². The van der Waals surface area contributed by atoms with E-state index >= 15 is 0 Å². The van der Waals surface area contributed by atoms with Gasteiger partial charge < -0.3 is 10.5 Å². The van der Waals surface area contributed by atoms with Gasteiger partial charge in [-0.3, -0.25) is 0 Å². The molecule has 0 amide bonds. The van der Waals surface area contributed by atoms with Crippen molar-refractivity contribution in [1.29, 1.82) is 0 Å². The summed E-state index contributed by atoms with van der Waals surface area (Å²) in [5.41, 5.74) is 7.10. The lowest BCUT2D eigenvalue weighted by Crippen LogP contribution is -2.24. The summed E-state index contributed by atoms with van der Waals surface area (Å²) in [5.74, 6) is 0. The van der Waals surface area contributed by atoms with E-state index in [1.807, 2.05) is 24.3 Å². The van der Waals surface area contributed by atoms with Crippen LogP contribution in [0.15, 0.2) is 24.3 Å². The predicted octanol–water partition coefficient (Wildman–Crippen LogP) is 2.25. The Morgan fingerprint density at radius 3 is 2.93 bits per heavy atom. The number of benzene rings is 1. The monoisotopic (exact) mass is 213 g/mol. The van der Waals surface area contributed by atoms with E-state index in [2.05, 4.69) is 0 Å². The highest BCUT2D eigenvalue weighted by atomic mass is 35.5. The first kappa shape index (κ1) is 11.5. The number of hydrogen-bond donors (Lipinski definition) is 1. The zero-order chi connectivity index (χ0) is 10.4. The molecule has 0 aromatic heterocycles. The Balaban J connectivity index is 2.43. The van der Waals surface area contributed by atoms with Gasteiger partial charge in [0.05, 0.1) is 0 Å². The number of hydrogen-bond acceptors (Lipinski definition) is 2. The van der Waals surface area contributed by atoms with Gasteiger partial charge in [-0.25, -0.2) is 0 Å². The molecule has 0 aliphatic carbocycles. The quantitative estimate of drug-likeness (QED) is 0.815. The predicted molar refractivity (Wildman–Crippen MR) is 59.6 cm³/mol. The molecule has 1 aromatic carbocycles. The van der Waals surface area contributed by atoms with Crippen LogP contribution < -0.4 is 5.73 Å². The third-order valence-corrected chi connectivity index (χ3v) is 2.31. The Kier molecular flexibility index (Phi) is 4.94. The van der Waals surface area contributed by atoms with Gasteiger partial charge in [-0.1, -0.05) is 23.7 Å². The maximum Gasteiger partial charge on any atom is 0.0477 e. The first-order chi connectivity index (χ1) is 6.72. The minimum Gasteiger partial charge on any atom is -0.385 e. The van der Waals surface area contributed by atoms with E-state index < -0.39 is 0 Å². The van der Waals surface area contributed by atoms with E-state index in [1.165, 1.54) is 5.56 Å². The van der Waals surface area contributed by atoms with E-state index in [4.69, 9.17) is 22.1 Å². The van der Waals surface area contributed by atoms with Crippen LogP contribution in [-0.4, -0.2) is 19.8 Å². The lowest BCUT2D eigenvalue weighted by molar-refractivity contribution is 0.188. The van der Waals surface area contributed by atoms with E-state index in [9.17, 15) is 0 Å². The third-order valence-electron chi connectivity index (χ3n) is 2.08. The molecule has 1 atom stereocenters. The van der Waals surface area contributed by atoms with Gasteiger partial charge in [0, 0.05) is 24.8 Å². The van der Waals surface area contributed by atoms with E-state index in [-0.39, 0.29) is 6.04 Å². The van der Waals surface area contributed by atoms with Crippen molar-refractivity contribution in [2.24, 2.45) is 5.73 Å². The summed E-state index contributed by atoms with van der Waals surface area (Å²) in [5, 5.41) is 0.765. The molecule has 0 aliphatic heterocycles. The molecule has 1 unspecified atom stereocenters. The van der Waals surface area contributed by atoms with Crippen molar-refractivity contribution < 1.29 is 4.74 Å². The largest absolute Gasteiger partial charge is 0.385 e. The molecule has 1 aromatic rings. The van der Waals surface area contributed by atoms with Crippen LogP contribution in [0.3, 0.4) is 0 Å². The van der Waals surface area contributed by atoms with Crippen LogP contribution in [-0.2, 0) is 11.2 Å². The van der Waals surface area contributed by atoms with Gasteiger partial charge in [-0.05, 0) is 30.5 Å². The number of rotatable bonds is 5. The van der Waals surface area contributed by atoms with Crippen molar-refractivity contribution in [1.82, 2.24) is 0 Å². The highest BCUT2D eigenvalue weighted by molar-refractivity contribution is 6.30. The van der Waals surface area contributed by atoms with Crippen LogP contribution in [0.5, 0.6) is 0 Å². The Morgan fingerprint density at radius 2 is 2.29 bits per heavy atom. The Morgan fingerprint density at radius 1 is 1.50 bits per heavy atom. The average molecular weight is 214 g/mol. The molecular formula is C11H16ClNO. The van der Waals surface area contributed by atoms with Crippen molar-refractivity contribution in [3.63, 3.8) is 0 Å².